The number of nitrogens with zero attached hydrogens (tertiary/aromatic N) is 4. The van der Waals surface area contributed by atoms with E-state index >= 15 is 0 Å². The molecule has 4 rings (SSSR count). The molecule has 26 heavy (non-hydrogen) atoms. The fourth-order valence-corrected chi connectivity index (χ4v) is 4.10. The van der Waals surface area contributed by atoms with E-state index in [0.717, 1.165) is 31.0 Å². The van der Waals surface area contributed by atoms with Crippen LogP contribution in [0.2, 0.25) is 0 Å². The van der Waals surface area contributed by atoms with Gasteiger partial charge in [0.2, 0.25) is 11.8 Å². The van der Waals surface area contributed by atoms with Crippen LogP contribution in [0.4, 0.5) is 5.69 Å². The number of rotatable bonds is 3. The molecule has 2 saturated heterocycles. The molecule has 1 spiro atoms. The zero-order valence-corrected chi connectivity index (χ0v) is 14.8. The fraction of sp³-hybridized carbons (Fsp3) is 0.421. The third-order valence-corrected chi connectivity index (χ3v) is 5.33. The Labute approximate surface area is 152 Å². The van der Waals surface area contributed by atoms with Crippen molar-refractivity contribution in [3.63, 3.8) is 0 Å². The summed E-state index contributed by atoms with van der Waals surface area (Å²) in [7, 11) is 0. The first-order valence-electron chi connectivity index (χ1n) is 8.81. The van der Waals surface area contributed by atoms with E-state index in [1.54, 1.807) is 35.4 Å². The number of carbonyl (C=O) groups excluding carboxylic acids is 2. The zero-order valence-electron chi connectivity index (χ0n) is 14.8. The molecule has 136 valence electrons. The average molecular weight is 354 g/mol. The van der Waals surface area contributed by atoms with Crippen LogP contribution in [-0.2, 0) is 16.1 Å². The Bertz CT molecular complexity index is 792. The molecule has 0 saturated carbocycles. The summed E-state index contributed by atoms with van der Waals surface area (Å²) in [6.07, 6.45) is 5.89. The summed E-state index contributed by atoms with van der Waals surface area (Å²) in [5.41, 5.74) is 0.409. The summed E-state index contributed by atoms with van der Waals surface area (Å²) in [4.78, 5) is 34.9. The van der Waals surface area contributed by atoms with Gasteiger partial charge in [-0.1, -0.05) is 0 Å². The molecule has 2 aliphatic rings. The maximum Gasteiger partial charge on any atom is 0.246 e. The first-order valence-corrected chi connectivity index (χ1v) is 8.81. The second-order valence-electron chi connectivity index (χ2n) is 7.06. The van der Waals surface area contributed by atoms with E-state index in [-0.39, 0.29) is 23.9 Å². The summed E-state index contributed by atoms with van der Waals surface area (Å²) in [6.45, 7) is 4.44. The van der Waals surface area contributed by atoms with Crippen LogP contribution in [0.5, 0.6) is 0 Å². The van der Waals surface area contributed by atoms with Crippen molar-refractivity contribution in [2.45, 2.75) is 25.4 Å². The quantitative estimate of drug-likeness (QED) is 0.836. The number of aromatic nitrogens is 1. The van der Waals surface area contributed by atoms with E-state index < -0.39 is 0 Å². The lowest BCUT2D eigenvalue weighted by Crippen LogP contribution is -2.66. The van der Waals surface area contributed by atoms with Crippen molar-refractivity contribution in [3.05, 3.63) is 48.7 Å². The Balaban J connectivity index is 1.59. The van der Waals surface area contributed by atoms with Gasteiger partial charge in [0.25, 0.3) is 0 Å². The SMILES string of the molecule is CC(=O)N1CC(=O)N(c2cccnc2)C[C@]12CCN(Cc1ccco1)C2. The molecule has 4 heterocycles. The Kier molecular flexibility index (Phi) is 4.24. The monoisotopic (exact) mass is 354 g/mol. The highest BCUT2D eigenvalue weighted by atomic mass is 16.3. The van der Waals surface area contributed by atoms with E-state index in [0.29, 0.717) is 13.1 Å². The summed E-state index contributed by atoms with van der Waals surface area (Å²) < 4.78 is 5.46. The van der Waals surface area contributed by atoms with Crippen molar-refractivity contribution in [2.75, 3.05) is 31.1 Å². The second kappa shape index (κ2) is 6.57. The zero-order chi connectivity index (χ0) is 18.1. The minimum absolute atomic E-state index is 0.0518. The molecule has 7 nitrogen and oxygen atoms in total. The van der Waals surface area contributed by atoms with E-state index in [9.17, 15) is 9.59 Å². The van der Waals surface area contributed by atoms with Crippen molar-refractivity contribution in [3.8, 4) is 0 Å². The molecule has 2 fully saturated rings. The minimum Gasteiger partial charge on any atom is -0.468 e. The normalized spacial score (nSPS) is 23.8. The molecule has 0 N–H and O–H groups in total. The number of furan rings is 1. The summed E-state index contributed by atoms with van der Waals surface area (Å²) in [5, 5.41) is 0. The lowest BCUT2D eigenvalue weighted by atomic mass is 9.92. The van der Waals surface area contributed by atoms with E-state index in [1.165, 1.54) is 0 Å². The number of pyridine rings is 1. The smallest absolute Gasteiger partial charge is 0.246 e. The van der Waals surface area contributed by atoms with Gasteiger partial charge in [-0.2, -0.15) is 0 Å². The van der Waals surface area contributed by atoms with Crippen molar-refractivity contribution >= 4 is 17.5 Å². The molecule has 0 radical (unpaired) electrons. The fourth-order valence-electron chi connectivity index (χ4n) is 4.10. The number of hydrogen-bond acceptors (Lipinski definition) is 5. The molecule has 2 aliphatic heterocycles. The van der Waals surface area contributed by atoms with Crippen LogP contribution in [0.3, 0.4) is 0 Å². The van der Waals surface area contributed by atoms with Crippen LogP contribution < -0.4 is 4.90 Å². The van der Waals surface area contributed by atoms with Gasteiger partial charge in [0.05, 0.1) is 36.8 Å². The molecule has 2 aromatic rings. The molecule has 1 atom stereocenters. The minimum atomic E-state index is -0.373. The maximum absolute atomic E-state index is 12.7. The number of amides is 2. The van der Waals surface area contributed by atoms with E-state index in [4.69, 9.17) is 4.42 Å². The van der Waals surface area contributed by atoms with Crippen LogP contribution in [0, 0.1) is 0 Å². The highest BCUT2D eigenvalue weighted by molar-refractivity contribution is 5.98. The lowest BCUT2D eigenvalue weighted by molar-refractivity contribution is -0.142. The van der Waals surface area contributed by atoms with Gasteiger partial charge in [-0.15, -0.1) is 0 Å². The summed E-state index contributed by atoms with van der Waals surface area (Å²) in [6, 6.07) is 7.55. The second-order valence-corrected chi connectivity index (χ2v) is 7.06. The van der Waals surface area contributed by atoms with Crippen LogP contribution in [0.15, 0.2) is 47.3 Å². The Morgan fingerprint density at radius 3 is 2.88 bits per heavy atom. The van der Waals surface area contributed by atoms with Crippen LogP contribution in [-0.4, -0.2) is 58.3 Å². The number of anilines is 1. The standard InChI is InChI=1S/C19H22N4O3/c1-15(24)23-12-18(25)22(16-4-2-7-20-10-16)14-19(23)6-8-21(13-19)11-17-5-3-9-26-17/h2-5,7,9-10H,6,8,11-14H2,1H3/t19-/m1/s1. The Morgan fingerprint density at radius 2 is 2.19 bits per heavy atom. The predicted octanol–water partition coefficient (Wildman–Crippen LogP) is 1.51. The van der Waals surface area contributed by atoms with Crippen molar-refractivity contribution in [1.82, 2.24) is 14.8 Å². The first kappa shape index (κ1) is 16.8. The molecule has 0 bridgehead atoms. The van der Waals surface area contributed by atoms with Crippen LogP contribution >= 0.6 is 0 Å². The van der Waals surface area contributed by atoms with Gasteiger partial charge in [-0.3, -0.25) is 19.5 Å². The van der Waals surface area contributed by atoms with Gasteiger partial charge in [0, 0.05) is 26.2 Å². The molecule has 0 aliphatic carbocycles. The summed E-state index contributed by atoms with van der Waals surface area (Å²) in [5.74, 6) is 0.791. The van der Waals surface area contributed by atoms with Crippen LogP contribution in [0.25, 0.3) is 0 Å². The highest BCUT2D eigenvalue weighted by Crippen LogP contribution is 2.35. The Hall–Kier alpha value is -2.67. The van der Waals surface area contributed by atoms with Gasteiger partial charge < -0.3 is 14.2 Å². The molecule has 7 heteroatoms. The molecule has 0 unspecified atom stereocenters. The molecule has 0 aromatic carbocycles. The average Bonchev–Trinajstić information content (AvgIpc) is 3.28. The third-order valence-electron chi connectivity index (χ3n) is 5.33. The molecular formula is C19H22N4O3. The van der Waals surface area contributed by atoms with E-state index in [2.05, 4.69) is 9.88 Å². The number of carbonyl (C=O) groups is 2. The maximum atomic E-state index is 12.7. The highest BCUT2D eigenvalue weighted by Gasteiger charge is 2.50. The van der Waals surface area contributed by atoms with Crippen LogP contribution in [0.1, 0.15) is 19.1 Å². The molecule has 2 amide bonds. The van der Waals surface area contributed by atoms with Gasteiger partial charge in [0.1, 0.15) is 12.3 Å². The first-order chi connectivity index (χ1) is 12.6. The number of likely N-dealkylation sites (tertiary alicyclic amines) is 1. The lowest BCUT2D eigenvalue weighted by Gasteiger charge is -2.48. The topological polar surface area (TPSA) is 69.9 Å². The van der Waals surface area contributed by atoms with E-state index in [1.807, 2.05) is 24.3 Å². The van der Waals surface area contributed by atoms with Gasteiger partial charge in [-0.25, -0.2) is 0 Å². The van der Waals surface area contributed by atoms with Crippen molar-refractivity contribution in [2.24, 2.45) is 0 Å². The predicted molar refractivity (Wildman–Crippen MR) is 95.3 cm³/mol. The van der Waals surface area contributed by atoms with Crippen molar-refractivity contribution in [1.29, 1.82) is 0 Å². The van der Waals surface area contributed by atoms with Crippen molar-refractivity contribution < 1.29 is 14.0 Å². The third kappa shape index (κ3) is 2.99. The molecular weight excluding hydrogens is 332 g/mol. The van der Waals surface area contributed by atoms with Gasteiger partial charge in [0.15, 0.2) is 0 Å². The van der Waals surface area contributed by atoms with Gasteiger partial charge in [-0.05, 0) is 30.7 Å². The van der Waals surface area contributed by atoms with Gasteiger partial charge >= 0.3 is 0 Å². The molecule has 2 aromatic heterocycles. The largest absolute Gasteiger partial charge is 0.468 e. The number of hydrogen-bond donors (Lipinski definition) is 0. The number of piperazine rings is 1. The Morgan fingerprint density at radius 1 is 1.31 bits per heavy atom. The summed E-state index contributed by atoms with van der Waals surface area (Å²) >= 11 is 0.